The zero-order chi connectivity index (χ0) is 28.9. The van der Waals surface area contributed by atoms with Gasteiger partial charge in [-0.15, -0.1) is 0 Å². The van der Waals surface area contributed by atoms with Crippen molar-refractivity contribution in [1.29, 1.82) is 0 Å². The van der Waals surface area contributed by atoms with E-state index < -0.39 is 11.7 Å². The molecular formula is C29H41F3N6O3. The van der Waals surface area contributed by atoms with Crippen LogP contribution >= 0.6 is 0 Å². The highest BCUT2D eigenvalue weighted by Gasteiger charge is 2.37. The summed E-state index contributed by atoms with van der Waals surface area (Å²) in [6.45, 7) is 3.22. The SMILES string of the molecule is C.COc1ccc(C(=O)NC2CCN(C)CC2)cc1Nc1ncc(C(F)(F)F)c(C[C@@H]2CCCC[C@H]2NC(C)=O)n1. The molecule has 1 aromatic carbocycles. The number of rotatable bonds is 8. The van der Waals surface area contributed by atoms with Crippen molar-refractivity contribution in [3.8, 4) is 5.75 Å². The third-order valence-corrected chi connectivity index (χ3v) is 7.69. The maximum Gasteiger partial charge on any atom is 0.419 e. The minimum absolute atomic E-state index is 0. The van der Waals surface area contributed by atoms with Gasteiger partial charge in [-0.25, -0.2) is 9.97 Å². The second kappa shape index (κ2) is 14.0. The number of piperidine rings is 1. The van der Waals surface area contributed by atoms with Gasteiger partial charge in [0.15, 0.2) is 0 Å². The van der Waals surface area contributed by atoms with E-state index in [0.717, 1.165) is 45.0 Å². The van der Waals surface area contributed by atoms with E-state index in [2.05, 4.69) is 30.8 Å². The number of halogens is 3. The summed E-state index contributed by atoms with van der Waals surface area (Å²) >= 11 is 0. The Kier molecular flexibility index (Phi) is 10.9. The number of anilines is 2. The lowest BCUT2D eigenvalue weighted by molar-refractivity contribution is -0.139. The summed E-state index contributed by atoms with van der Waals surface area (Å²) in [6.07, 6.45) is 1.11. The van der Waals surface area contributed by atoms with Crippen LogP contribution in [0, 0.1) is 5.92 Å². The fourth-order valence-corrected chi connectivity index (χ4v) is 5.51. The number of benzene rings is 1. The molecule has 226 valence electrons. The zero-order valence-electron chi connectivity index (χ0n) is 23.1. The normalized spacial score (nSPS) is 20.0. The van der Waals surface area contributed by atoms with Crippen LogP contribution in [0.15, 0.2) is 24.4 Å². The molecule has 1 aliphatic carbocycles. The van der Waals surface area contributed by atoms with Gasteiger partial charge in [0.25, 0.3) is 5.91 Å². The fraction of sp³-hybridized carbons (Fsp3) is 0.586. The van der Waals surface area contributed by atoms with Crippen LogP contribution in [0.25, 0.3) is 0 Å². The summed E-state index contributed by atoms with van der Waals surface area (Å²) in [6, 6.07) is 4.70. The van der Waals surface area contributed by atoms with Gasteiger partial charge in [0.05, 0.1) is 24.1 Å². The quantitative estimate of drug-likeness (QED) is 0.407. The van der Waals surface area contributed by atoms with E-state index in [-0.39, 0.29) is 55.3 Å². The molecule has 2 atom stereocenters. The second-order valence-corrected chi connectivity index (χ2v) is 10.7. The number of alkyl halides is 3. The largest absolute Gasteiger partial charge is 0.495 e. The Bertz CT molecular complexity index is 1200. The van der Waals surface area contributed by atoms with Crippen molar-refractivity contribution >= 4 is 23.5 Å². The average molecular weight is 579 g/mol. The number of carbonyl (C=O) groups is 2. The van der Waals surface area contributed by atoms with E-state index in [1.165, 1.54) is 14.0 Å². The van der Waals surface area contributed by atoms with Gasteiger partial charge < -0.3 is 25.6 Å². The monoisotopic (exact) mass is 578 g/mol. The zero-order valence-corrected chi connectivity index (χ0v) is 23.1. The Morgan fingerprint density at radius 1 is 1.10 bits per heavy atom. The smallest absolute Gasteiger partial charge is 0.419 e. The summed E-state index contributed by atoms with van der Waals surface area (Å²) in [7, 11) is 3.51. The molecule has 1 saturated carbocycles. The number of methoxy groups -OCH3 is 1. The lowest BCUT2D eigenvalue weighted by Crippen LogP contribution is -2.43. The van der Waals surface area contributed by atoms with Crippen LogP contribution in [-0.2, 0) is 17.4 Å². The van der Waals surface area contributed by atoms with Crippen LogP contribution in [0.1, 0.15) is 74.5 Å². The Morgan fingerprint density at radius 3 is 2.46 bits per heavy atom. The number of nitrogens with zero attached hydrogens (tertiary/aromatic N) is 3. The van der Waals surface area contributed by atoms with E-state index in [0.29, 0.717) is 29.8 Å². The molecule has 2 aromatic rings. The van der Waals surface area contributed by atoms with E-state index in [9.17, 15) is 22.8 Å². The fourth-order valence-electron chi connectivity index (χ4n) is 5.51. The predicted molar refractivity (Wildman–Crippen MR) is 151 cm³/mol. The number of hydrogen-bond donors (Lipinski definition) is 3. The summed E-state index contributed by atoms with van der Waals surface area (Å²) in [4.78, 5) is 35.1. The minimum Gasteiger partial charge on any atom is -0.495 e. The van der Waals surface area contributed by atoms with Crippen molar-refractivity contribution < 1.29 is 27.5 Å². The molecule has 3 N–H and O–H groups in total. The van der Waals surface area contributed by atoms with Crippen molar-refractivity contribution in [1.82, 2.24) is 25.5 Å². The molecule has 0 radical (unpaired) electrons. The van der Waals surface area contributed by atoms with E-state index >= 15 is 0 Å². The number of likely N-dealkylation sites (tertiary alicyclic amines) is 1. The first-order valence-corrected chi connectivity index (χ1v) is 13.7. The molecule has 0 bridgehead atoms. The summed E-state index contributed by atoms with van der Waals surface area (Å²) < 4.78 is 47.1. The van der Waals surface area contributed by atoms with Gasteiger partial charge in [0, 0.05) is 30.8 Å². The minimum atomic E-state index is -4.63. The van der Waals surface area contributed by atoms with Gasteiger partial charge in [0.2, 0.25) is 11.9 Å². The molecule has 41 heavy (non-hydrogen) atoms. The molecule has 2 aliphatic rings. The van der Waals surface area contributed by atoms with Gasteiger partial charge in [0.1, 0.15) is 5.75 Å². The molecule has 4 rings (SSSR count). The predicted octanol–water partition coefficient (Wildman–Crippen LogP) is 4.95. The van der Waals surface area contributed by atoms with E-state index in [4.69, 9.17) is 4.74 Å². The molecule has 2 fully saturated rings. The number of aromatic nitrogens is 2. The number of nitrogens with one attached hydrogen (secondary N) is 3. The Balaban J connectivity index is 0.00000462. The number of carbonyl (C=O) groups excluding carboxylic acids is 2. The highest BCUT2D eigenvalue weighted by molar-refractivity contribution is 5.96. The summed E-state index contributed by atoms with van der Waals surface area (Å²) in [5.74, 6) is -0.275. The number of amides is 2. The third-order valence-electron chi connectivity index (χ3n) is 7.69. The van der Waals surface area contributed by atoms with Crippen LogP contribution in [0.2, 0.25) is 0 Å². The Morgan fingerprint density at radius 2 is 1.80 bits per heavy atom. The summed E-state index contributed by atoms with van der Waals surface area (Å²) in [5, 5.41) is 8.91. The van der Waals surface area contributed by atoms with Gasteiger partial charge >= 0.3 is 6.18 Å². The Hall–Kier alpha value is -3.41. The van der Waals surface area contributed by atoms with Crippen molar-refractivity contribution in [2.75, 3.05) is 32.6 Å². The number of hydrogen-bond acceptors (Lipinski definition) is 7. The second-order valence-electron chi connectivity index (χ2n) is 10.7. The van der Waals surface area contributed by atoms with Crippen LogP contribution < -0.4 is 20.7 Å². The molecule has 9 nitrogen and oxygen atoms in total. The van der Waals surface area contributed by atoms with Gasteiger partial charge in [-0.05, 0) is 76.4 Å². The van der Waals surface area contributed by atoms with Crippen molar-refractivity contribution in [3.05, 3.63) is 41.2 Å². The maximum atomic E-state index is 13.9. The topological polar surface area (TPSA) is 108 Å². The number of ether oxygens (including phenoxy) is 1. The highest BCUT2D eigenvalue weighted by atomic mass is 19.4. The average Bonchev–Trinajstić information content (AvgIpc) is 2.90. The van der Waals surface area contributed by atoms with Crippen molar-refractivity contribution in [2.24, 2.45) is 5.92 Å². The van der Waals surface area contributed by atoms with Crippen LogP contribution in [0.5, 0.6) is 5.75 Å². The maximum absolute atomic E-state index is 13.9. The highest BCUT2D eigenvalue weighted by Crippen LogP contribution is 2.36. The molecule has 12 heteroatoms. The molecule has 2 amide bonds. The van der Waals surface area contributed by atoms with Gasteiger partial charge in [-0.2, -0.15) is 13.2 Å². The Labute approximate surface area is 239 Å². The molecule has 1 aromatic heterocycles. The molecule has 2 heterocycles. The molecular weight excluding hydrogens is 537 g/mol. The van der Waals surface area contributed by atoms with Crippen molar-refractivity contribution in [3.63, 3.8) is 0 Å². The molecule has 0 spiro atoms. The summed E-state index contributed by atoms with van der Waals surface area (Å²) in [5.41, 5.74) is -0.293. The van der Waals surface area contributed by atoms with Crippen LogP contribution in [-0.4, -0.2) is 66.0 Å². The molecule has 0 unspecified atom stereocenters. The van der Waals surface area contributed by atoms with Crippen LogP contribution in [0.3, 0.4) is 0 Å². The third kappa shape index (κ3) is 8.54. The van der Waals surface area contributed by atoms with Crippen LogP contribution in [0.4, 0.5) is 24.8 Å². The first-order chi connectivity index (χ1) is 19.0. The molecule has 1 saturated heterocycles. The first kappa shape index (κ1) is 32.1. The van der Waals surface area contributed by atoms with Gasteiger partial charge in [-0.3, -0.25) is 9.59 Å². The van der Waals surface area contributed by atoms with E-state index in [1.54, 1.807) is 18.2 Å². The first-order valence-electron chi connectivity index (χ1n) is 13.7. The van der Waals surface area contributed by atoms with Gasteiger partial charge in [-0.1, -0.05) is 20.3 Å². The standard InChI is InChI=1S/C28H37F3N6O3.CH4/c1-17(38)33-22-7-5-4-6-18(22)14-23-21(28(29,30)31)16-32-27(35-23)36-24-15-19(8-9-25(24)40-3)26(39)34-20-10-12-37(2)13-11-20;/h8-9,15-16,18,20,22H,4-7,10-14H2,1-3H3,(H,33,38)(H,34,39)(H,32,35,36);1H4/t18-,22+;/m0./s1. The van der Waals surface area contributed by atoms with E-state index in [1.807, 2.05) is 7.05 Å². The lowest BCUT2D eigenvalue weighted by atomic mass is 9.81. The van der Waals surface area contributed by atoms with Crippen molar-refractivity contribution in [2.45, 2.75) is 77.6 Å². The molecule has 1 aliphatic heterocycles. The lowest BCUT2D eigenvalue weighted by Gasteiger charge is -2.32.